The molecule has 0 N–H and O–H groups in total. The molecule has 0 spiro atoms. The fraction of sp³-hybridized carbons (Fsp3) is 0.575. The van der Waals surface area contributed by atoms with Crippen molar-refractivity contribution in [3.8, 4) is 11.5 Å². The number of carbonyl (C=O) groups excluding carboxylic acids is 5. The number of carbonyl (C=O) groups is 5. The smallest absolute Gasteiger partial charge is 0.308 e. The van der Waals surface area contributed by atoms with Gasteiger partial charge in [-0.3, -0.25) is 24.0 Å². The van der Waals surface area contributed by atoms with Crippen molar-refractivity contribution in [1.29, 1.82) is 0 Å². The predicted octanol–water partition coefficient (Wildman–Crippen LogP) is 7.04. The van der Waals surface area contributed by atoms with Crippen LogP contribution in [0.4, 0.5) is 0 Å². The monoisotopic (exact) mass is 728 g/mol. The van der Waals surface area contributed by atoms with Crippen LogP contribution in [0.2, 0.25) is 0 Å². The maximum Gasteiger partial charge on any atom is 0.308 e. The first-order valence-corrected chi connectivity index (χ1v) is 17.7. The summed E-state index contributed by atoms with van der Waals surface area (Å²) in [5.74, 6) is -1.86. The Morgan fingerprint density at radius 3 is 1.81 bits per heavy atom. The number of benzene rings is 1. The molecule has 12 heteroatoms. The third-order valence-corrected chi connectivity index (χ3v) is 8.42. The van der Waals surface area contributed by atoms with Crippen molar-refractivity contribution in [2.24, 2.45) is 0 Å². The molecule has 4 atom stereocenters. The molecular weight excluding hydrogens is 672 g/mol. The molecule has 1 aliphatic heterocycles. The highest BCUT2D eigenvalue weighted by molar-refractivity contribution is 5.71. The lowest BCUT2D eigenvalue weighted by atomic mass is 9.99. The van der Waals surface area contributed by atoms with Crippen LogP contribution in [0, 0.1) is 13.8 Å². The van der Waals surface area contributed by atoms with Gasteiger partial charge < -0.3 is 33.2 Å². The molecule has 12 nitrogen and oxygen atoms in total. The van der Waals surface area contributed by atoms with Gasteiger partial charge in [0.2, 0.25) is 12.4 Å². The van der Waals surface area contributed by atoms with Gasteiger partial charge in [-0.25, -0.2) is 0 Å². The fourth-order valence-corrected chi connectivity index (χ4v) is 5.67. The second-order valence-corrected chi connectivity index (χ2v) is 13.2. The van der Waals surface area contributed by atoms with E-state index >= 15 is 0 Å². The molecule has 0 radical (unpaired) electrons. The Balaban J connectivity index is 2.21. The summed E-state index contributed by atoms with van der Waals surface area (Å²) >= 11 is 0. The van der Waals surface area contributed by atoms with E-state index in [1.807, 2.05) is 6.92 Å². The summed E-state index contributed by atoms with van der Waals surface area (Å²) in [6, 6.07) is 1.76. The maximum absolute atomic E-state index is 12.1. The van der Waals surface area contributed by atoms with Gasteiger partial charge in [0.1, 0.15) is 11.5 Å². The molecule has 0 unspecified atom stereocenters. The van der Waals surface area contributed by atoms with Gasteiger partial charge in [-0.1, -0.05) is 34.9 Å². The molecule has 0 aromatic heterocycles. The molecule has 1 heterocycles. The van der Waals surface area contributed by atoms with Crippen LogP contribution < -0.4 is 9.47 Å². The van der Waals surface area contributed by atoms with Crippen LogP contribution in [-0.4, -0.2) is 67.7 Å². The van der Waals surface area contributed by atoms with E-state index < -0.39 is 48.5 Å². The van der Waals surface area contributed by atoms with Crippen LogP contribution in [0.1, 0.15) is 111 Å². The first-order chi connectivity index (χ1) is 24.5. The van der Waals surface area contributed by atoms with Gasteiger partial charge in [0.15, 0.2) is 12.2 Å². The Labute approximate surface area is 307 Å². The van der Waals surface area contributed by atoms with Crippen molar-refractivity contribution in [3.63, 3.8) is 0 Å². The minimum Gasteiger partial charge on any atom is -0.466 e. The minimum absolute atomic E-state index is 0.179. The molecule has 1 aliphatic rings. The number of allylic oxidation sites excluding steroid dienone is 6. The van der Waals surface area contributed by atoms with Crippen molar-refractivity contribution in [2.75, 3.05) is 13.2 Å². The van der Waals surface area contributed by atoms with Crippen LogP contribution in [0.25, 0.3) is 0 Å². The molecule has 0 bridgehead atoms. The highest BCUT2D eigenvalue weighted by Gasteiger charge is 2.48. The third kappa shape index (κ3) is 15.4. The average molecular weight is 729 g/mol. The largest absolute Gasteiger partial charge is 0.466 e. The van der Waals surface area contributed by atoms with E-state index in [2.05, 4.69) is 39.0 Å². The molecular formula is C40H56O12. The Morgan fingerprint density at radius 2 is 1.25 bits per heavy atom. The Hall–Kier alpha value is -4.45. The standard InChI is InChI=1S/C40H56O12/c1-24(14-11-16-25(2)18-13-21-46-29(6)41)15-12-17-26(3)19-20-34-22-35(27(4)28(5)37(34)49-31(8)43)52-40-39(51-33(10)45)38(50-32(9)44)36(23-47-40)48-30(7)42/h15-16,19,22,36,38-40H,11-14,17-18,20-21,23H2,1-10H3/b24-15+,25-16+,26-19+/t36-,38+,39-,40+/m1/s1. The molecule has 52 heavy (non-hydrogen) atoms. The third-order valence-electron chi connectivity index (χ3n) is 8.42. The maximum atomic E-state index is 12.1. The molecule has 2 rings (SSSR count). The quantitative estimate of drug-likeness (QED) is 0.0501. The zero-order valence-corrected chi connectivity index (χ0v) is 32.4. The number of ether oxygens (including phenoxy) is 7. The number of hydrogen-bond donors (Lipinski definition) is 0. The highest BCUT2D eigenvalue weighted by atomic mass is 16.7. The van der Waals surface area contributed by atoms with E-state index in [0.717, 1.165) is 44.1 Å². The molecule has 0 aliphatic carbocycles. The number of esters is 5. The molecule has 1 saturated heterocycles. The minimum atomic E-state index is -1.26. The van der Waals surface area contributed by atoms with Crippen molar-refractivity contribution >= 4 is 29.8 Å². The van der Waals surface area contributed by atoms with Crippen molar-refractivity contribution in [3.05, 3.63) is 57.7 Å². The van der Waals surface area contributed by atoms with Crippen LogP contribution in [0.3, 0.4) is 0 Å². The SMILES string of the molecule is CC(=O)OCCC/C(C)=C/CC/C(C)=C/CC/C(C)=C/Cc1cc(O[C@@H]2OC[C@@H](OC(C)=O)[C@H](OC(C)=O)[C@H]2OC(C)=O)c(C)c(C)c1OC(C)=O. The summed E-state index contributed by atoms with van der Waals surface area (Å²) in [5.41, 5.74) is 5.80. The van der Waals surface area contributed by atoms with Gasteiger partial charge in [-0.05, 0) is 96.8 Å². The predicted molar refractivity (Wildman–Crippen MR) is 194 cm³/mol. The van der Waals surface area contributed by atoms with Gasteiger partial charge in [-0.15, -0.1) is 0 Å². The van der Waals surface area contributed by atoms with Gasteiger partial charge in [0.05, 0.1) is 13.2 Å². The molecule has 1 aromatic carbocycles. The van der Waals surface area contributed by atoms with E-state index in [1.54, 1.807) is 13.0 Å². The molecule has 0 amide bonds. The van der Waals surface area contributed by atoms with Gasteiger partial charge in [-0.2, -0.15) is 0 Å². The van der Waals surface area contributed by atoms with E-state index in [1.165, 1.54) is 45.8 Å². The Bertz CT molecular complexity index is 1520. The first kappa shape index (κ1) is 43.7. The fourth-order valence-electron chi connectivity index (χ4n) is 5.67. The number of rotatable bonds is 18. The van der Waals surface area contributed by atoms with E-state index in [-0.39, 0.29) is 12.6 Å². The summed E-state index contributed by atoms with van der Waals surface area (Å²) in [4.78, 5) is 58.9. The van der Waals surface area contributed by atoms with Crippen LogP contribution in [0.5, 0.6) is 11.5 Å². The Kier molecular flexibility index (Phi) is 18.3. The van der Waals surface area contributed by atoms with Gasteiger partial charge >= 0.3 is 29.8 Å². The zero-order valence-electron chi connectivity index (χ0n) is 32.4. The summed E-state index contributed by atoms with van der Waals surface area (Å²) < 4.78 is 39.1. The van der Waals surface area contributed by atoms with E-state index in [4.69, 9.17) is 33.2 Å². The van der Waals surface area contributed by atoms with Crippen LogP contribution >= 0.6 is 0 Å². The van der Waals surface area contributed by atoms with Gasteiger partial charge in [0.25, 0.3) is 0 Å². The van der Waals surface area contributed by atoms with Crippen molar-refractivity contribution < 1.29 is 57.1 Å². The normalized spacial score (nSPS) is 19.4. The van der Waals surface area contributed by atoms with Crippen molar-refractivity contribution in [2.45, 2.75) is 139 Å². The second-order valence-electron chi connectivity index (χ2n) is 13.2. The highest BCUT2D eigenvalue weighted by Crippen LogP contribution is 2.37. The van der Waals surface area contributed by atoms with Gasteiger partial charge in [0, 0.05) is 40.2 Å². The van der Waals surface area contributed by atoms with Crippen molar-refractivity contribution in [1.82, 2.24) is 0 Å². The topological polar surface area (TPSA) is 150 Å². The average Bonchev–Trinajstić information content (AvgIpc) is 3.03. The summed E-state index contributed by atoms with van der Waals surface area (Å²) in [6.45, 7) is 16.6. The molecule has 1 fully saturated rings. The molecule has 288 valence electrons. The molecule has 1 aromatic rings. The van der Waals surface area contributed by atoms with E-state index in [0.29, 0.717) is 41.2 Å². The van der Waals surface area contributed by atoms with Crippen LogP contribution in [-0.2, 0) is 54.1 Å². The van der Waals surface area contributed by atoms with Crippen LogP contribution in [0.15, 0.2) is 41.0 Å². The lowest BCUT2D eigenvalue weighted by molar-refractivity contribution is -0.259. The zero-order chi connectivity index (χ0) is 39.0. The second kappa shape index (κ2) is 21.8. The molecule has 0 saturated carbocycles. The number of hydrogen-bond acceptors (Lipinski definition) is 12. The summed E-state index contributed by atoms with van der Waals surface area (Å²) in [7, 11) is 0. The Morgan fingerprint density at radius 1 is 0.692 bits per heavy atom. The first-order valence-electron chi connectivity index (χ1n) is 17.7. The van der Waals surface area contributed by atoms with E-state index in [9.17, 15) is 24.0 Å². The lowest BCUT2D eigenvalue weighted by Gasteiger charge is -2.40. The summed E-state index contributed by atoms with van der Waals surface area (Å²) in [6.07, 6.45) is 7.73. The lowest BCUT2D eigenvalue weighted by Crippen LogP contribution is -2.59. The summed E-state index contributed by atoms with van der Waals surface area (Å²) in [5, 5.41) is 0.